The highest BCUT2D eigenvalue weighted by molar-refractivity contribution is 5.77. The van der Waals surface area contributed by atoms with Crippen molar-refractivity contribution in [2.45, 2.75) is 0 Å². The lowest BCUT2D eigenvalue weighted by Gasteiger charge is -1.90. The molecule has 18 heavy (non-hydrogen) atoms. The summed E-state index contributed by atoms with van der Waals surface area (Å²) in [6.07, 6.45) is 6.63. The fourth-order valence-corrected chi connectivity index (χ4v) is 1.20. The molecule has 6 nitrogen and oxygen atoms in total. The van der Waals surface area contributed by atoms with Crippen molar-refractivity contribution in [1.29, 1.82) is 0 Å². The Hall–Kier alpha value is -2.50. The summed E-state index contributed by atoms with van der Waals surface area (Å²) in [5.41, 5.74) is 1.49. The van der Waals surface area contributed by atoms with Crippen LogP contribution in [0.1, 0.15) is 11.4 Å². The molecule has 0 unspecified atom stereocenters. The van der Waals surface area contributed by atoms with E-state index in [-0.39, 0.29) is 0 Å². The van der Waals surface area contributed by atoms with E-state index in [1.165, 1.54) is 0 Å². The number of hydrogen-bond acceptors (Lipinski definition) is 6. The third-order valence-electron chi connectivity index (χ3n) is 1.99. The molecule has 2 aromatic heterocycles. The van der Waals surface area contributed by atoms with Gasteiger partial charge in [0.1, 0.15) is 11.4 Å². The molecule has 2 heterocycles. The number of aromatic nitrogens is 4. The molecule has 0 fully saturated rings. The summed E-state index contributed by atoms with van der Waals surface area (Å²) in [7, 11) is 0. The van der Waals surface area contributed by atoms with E-state index in [4.69, 9.17) is 0 Å². The molecule has 0 aromatic carbocycles. The first kappa shape index (κ1) is 12.0. The predicted molar refractivity (Wildman–Crippen MR) is 69.0 cm³/mol. The zero-order valence-electron chi connectivity index (χ0n) is 9.72. The third-order valence-corrected chi connectivity index (χ3v) is 1.99. The van der Waals surface area contributed by atoms with Gasteiger partial charge in [-0.3, -0.25) is 9.98 Å². The largest absolute Gasteiger partial charge is 0.289 e. The van der Waals surface area contributed by atoms with Crippen LogP contribution in [0.15, 0.2) is 46.6 Å². The third kappa shape index (κ3) is 4.17. The van der Waals surface area contributed by atoms with E-state index >= 15 is 0 Å². The minimum atomic E-state index is 0.605. The molecule has 0 aliphatic rings. The Bertz CT molecular complexity index is 459. The van der Waals surface area contributed by atoms with Gasteiger partial charge < -0.3 is 0 Å². The second-order valence-electron chi connectivity index (χ2n) is 3.37. The Kier molecular flexibility index (Phi) is 4.62. The van der Waals surface area contributed by atoms with Gasteiger partial charge in [0.15, 0.2) is 0 Å². The van der Waals surface area contributed by atoms with Crippen LogP contribution < -0.4 is 0 Å². The summed E-state index contributed by atoms with van der Waals surface area (Å²) in [6.45, 7) is 1.21. The molecule has 0 amide bonds. The maximum Gasteiger partial charge on any atom is 0.103 e. The molecule has 0 aliphatic carbocycles. The summed E-state index contributed by atoms with van der Waals surface area (Å²) in [6, 6.07) is 7.33. The number of hydrogen-bond donors (Lipinski definition) is 0. The van der Waals surface area contributed by atoms with Gasteiger partial charge in [-0.2, -0.15) is 10.2 Å². The van der Waals surface area contributed by atoms with Gasteiger partial charge >= 0.3 is 0 Å². The highest BCUT2D eigenvalue weighted by atomic mass is 15.1. The standard InChI is InChI=1S/C12H12N6/c1-3-11(17-15-5-1)9-13-7-8-14-10-12-4-2-6-16-18-12/h1-6,9-10H,7-8H2/b13-9+,14-10+. The van der Waals surface area contributed by atoms with Gasteiger partial charge in [-0.15, -0.1) is 10.2 Å². The first-order valence-corrected chi connectivity index (χ1v) is 5.50. The van der Waals surface area contributed by atoms with Crippen LogP contribution in [0, 0.1) is 0 Å². The molecule has 2 aromatic rings. The smallest absolute Gasteiger partial charge is 0.103 e. The normalized spacial score (nSPS) is 11.3. The highest BCUT2D eigenvalue weighted by Gasteiger charge is 1.87. The molecule has 0 saturated carbocycles. The minimum absolute atomic E-state index is 0.605. The highest BCUT2D eigenvalue weighted by Crippen LogP contribution is 1.87. The number of rotatable bonds is 5. The molecule has 0 radical (unpaired) electrons. The Morgan fingerprint density at radius 2 is 1.33 bits per heavy atom. The van der Waals surface area contributed by atoms with Crippen molar-refractivity contribution < 1.29 is 0 Å². The van der Waals surface area contributed by atoms with Crippen LogP contribution in [-0.4, -0.2) is 45.9 Å². The first-order chi connectivity index (χ1) is 8.95. The van der Waals surface area contributed by atoms with Crippen molar-refractivity contribution in [2.75, 3.05) is 13.1 Å². The Labute approximate surface area is 105 Å². The Balaban J connectivity index is 1.73. The van der Waals surface area contributed by atoms with E-state index < -0.39 is 0 Å². The van der Waals surface area contributed by atoms with Gasteiger partial charge in [0.25, 0.3) is 0 Å². The molecule has 0 bridgehead atoms. The van der Waals surface area contributed by atoms with Crippen LogP contribution >= 0.6 is 0 Å². The van der Waals surface area contributed by atoms with Crippen LogP contribution in [0.2, 0.25) is 0 Å². The van der Waals surface area contributed by atoms with Crippen molar-refractivity contribution in [3.63, 3.8) is 0 Å². The zero-order valence-corrected chi connectivity index (χ0v) is 9.72. The quantitative estimate of drug-likeness (QED) is 0.572. The van der Waals surface area contributed by atoms with Crippen molar-refractivity contribution in [1.82, 2.24) is 20.4 Å². The monoisotopic (exact) mass is 240 g/mol. The fraction of sp³-hybridized carbons (Fsp3) is 0.167. The van der Waals surface area contributed by atoms with E-state index in [2.05, 4.69) is 30.4 Å². The summed E-state index contributed by atoms with van der Waals surface area (Å²) >= 11 is 0. The molecule has 90 valence electrons. The number of aliphatic imine (C=N–C) groups is 2. The molecule has 0 spiro atoms. The van der Waals surface area contributed by atoms with Crippen LogP contribution in [0.4, 0.5) is 0 Å². The van der Waals surface area contributed by atoms with Gasteiger partial charge in [0.05, 0.1) is 13.1 Å². The van der Waals surface area contributed by atoms with Crippen molar-refractivity contribution in [3.05, 3.63) is 48.0 Å². The minimum Gasteiger partial charge on any atom is -0.289 e. The second kappa shape index (κ2) is 6.95. The Morgan fingerprint density at radius 3 is 1.72 bits per heavy atom. The molecule has 2 rings (SSSR count). The maximum atomic E-state index is 4.20. The van der Waals surface area contributed by atoms with Crippen LogP contribution in [-0.2, 0) is 0 Å². The van der Waals surface area contributed by atoms with Crippen molar-refractivity contribution in [3.8, 4) is 0 Å². The molecular weight excluding hydrogens is 228 g/mol. The summed E-state index contributed by atoms with van der Waals surface area (Å²) < 4.78 is 0. The van der Waals surface area contributed by atoms with Gasteiger partial charge in [0, 0.05) is 24.8 Å². The van der Waals surface area contributed by atoms with E-state index in [1.807, 2.05) is 24.3 Å². The average molecular weight is 240 g/mol. The lowest BCUT2D eigenvalue weighted by atomic mass is 10.4. The van der Waals surface area contributed by atoms with Crippen LogP contribution in [0.5, 0.6) is 0 Å². The maximum absolute atomic E-state index is 4.20. The summed E-state index contributed by atoms with van der Waals surface area (Å²) in [5.74, 6) is 0. The average Bonchev–Trinajstić information content (AvgIpc) is 2.45. The lowest BCUT2D eigenvalue weighted by molar-refractivity contribution is 0.970. The van der Waals surface area contributed by atoms with Crippen molar-refractivity contribution >= 4 is 12.4 Å². The van der Waals surface area contributed by atoms with Gasteiger partial charge in [-0.1, -0.05) is 0 Å². The van der Waals surface area contributed by atoms with E-state index in [0.29, 0.717) is 13.1 Å². The summed E-state index contributed by atoms with van der Waals surface area (Å²) in [4.78, 5) is 8.39. The van der Waals surface area contributed by atoms with Crippen LogP contribution in [0.25, 0.3) is 0 Å². The molecule has 0 aliphatic heterocycles. The zero-order chi connectivity index (χ0) is 12.5. The first-order valence-electron chi connectivity index (χ1n) is 5.50. The molecule has 0 atom stereocenters. The van der Waals surface area contributed by atoms with Gasteiger partial charge in [-0.05, 0) is 24.3 Å². The second-order valence-corrected chi connectivity index (χ2v) is 3.37. The molecule has 6 heteroatoms. The molecule has 0 saturated heterocycles. The van der Waals surface area contributed by atoms with E-state index in [0.717, 1.165) is 11.4 Å². The predicted octanol–water partition coefficient (Wildman–Crippen LogP) is 0.805. The fourth-order valence-electron chi connectivity index (χ4n) is 1.20. The topological polar surface area (TPSA) is 76.3 Å². The van der Waals surface area contributed by atoms with Crippen LogP contribution in [0.3, 0.4) is 0 Å². The number of nitrogens with zero attached hydrogens (tertiary/aromatic N) is 6. The SMILES string of the molecule is C(=N\CC/N=C/c1cccnn1)/c1cccnn1. The van der Waals surface area contributed by atoms with Crippen molar-refractivity contribution in [2.24, 2.45) is 9.98 Å². The summed E-state index contributed by atoms with van der Waals surface area (Å²) in [5, 5.41) is 15.3. The molecule has 0 N–H and O–H groups in total. The van der Waals surface area contributed by atoms with E-state index in [9.17, 15) is 0 Å². The molecular formula is C12H12N6. The van der Waals surface area contributed by atoms with Gasteiger partial charge in [-0.25, -0.2) is 0 Å². The lowest BCUT2D eigenvalue weighted by Crippen LogP contribution is -1.94. The van der Waals surface area contributed by atoms with Gasteiger partial charge in [0.2, 0.25) is 0 Å². The Morgan fingerprint density at radius 1 is 0.833 bits per heavy atom. The van der Waals surface area contributed by atoms with E-state index in [1.54, 1.807) is 24.8 Å².